The van der Waals surface area contributed by atoms with Gasteiger partial charge in [-0.05, 0) is 18.9 Å². The van der Waals surface area contributed by atoms with Crippen LogP contribution in [0.3, 0.4) is 0 Å². The summed E-state index contributed by atoms with van der Waals surface area (Å²) in [7, 11) is 3.92. The molecule has 1 atom stereocenters. The summed E-state index contributed by atoms with van der Waals surface area (Å²) >= 11 is 1.38. The van der Waals surface area contributed by atoms with Gasteiger partial charge < -0.3 is 4.90 Å². The first-order valence-corrected chi connectivity index (χ1v) is 8.68. The van der Waals surface area contributed by atoms with Crippen molar-refractivity contribution in [3.63, 3.8) is 0 Å². The number of allylic oxidation sites excluding steroid dienone is 2. The smallest absolute Gasteiger partial charge is 0.271 e. The van der Waals surface area contributed by atoms with Crippen molar-refractivity contribution in [1.29, 1.82) is 0 Å². The quantitative estimate of drug-likeness (QED) is 0.712. The largest absolute Gasteiger partial charge is 0.377 e. The number of anilines is 1. The molecule has 0 aromatic carbocycles. The molecule has 0 aliphatic heterocycles. The fourth-order valence-electron chi connectivity index (χ4n) is 3.22. The first kappa shape index (κ1) is 15.3. The molecular weight excluding hydrogens is 327 g/mol. The van der Waals surface area contributed by atoms with E-state index in [-0.39, 0.29) is 17.4 Å². The topological polar surface area (TPSA) is 51.0 Å². The molecule has 3 aromatic rings. The molecule has 1 aliphatic carbocycles. The third-order valence-electron chi connectivity index (χ3n) is 4.49. The summed E-state index contributed by atoms with van der Waals surface area (Å²) in [6.07, 6.45) is 6.47. The molecule has 0 saturated heterocycles. The Bertz CT molecular complexity index is 1020. The Morgan fingerprint density at radius 2 is 2.21 bits per heavy atom. The second-order valence-electron chi connectivity index (χ2n) is 6.22. The van der Waals surface area contributed by atoms with Crippen LogP contribution in [0.2, 0.25) is 0 Å². The van der Waals surface area contributed by atoms with Gasteiger partial charge in [0.15, 0.2) is 0 Å². The van der Waals surface area contributed by atoms with E-state index in [9.17, 15) is 9.18 Å². The van der Waals surface area contributed by atoms with Crippen molar-refractivity contribution >= 4 is 37.5 Å². The fraction of sp³-hybridized carbons (Fsp3) is 0.353. The lowest BCUT2D eigenvalue weighted by atomic mass is 10.0. The van der Waals surface area contributed by atoms with Gasteiger partial charge in [-0.2, -0.15) is 0 Å². The second kappa shape index (κ2) is 5.66. The molecule has 0 saturated carbocycles. The number of hydrogen-bond donors (Lipinski definition) is 0. The van der Waals surface area contributed by atoms with Crippen molar-refractivity contribution in [1.82, 2.24) is 14.5 Å². The van der Waals surface area contributed by atoms with E-state index in [4.69, 9.17) is 0 Å². The zero-order valence-electron chi connectivity index (χ0n) is 13.5. The number of nitrogens with zero attached hydrogens (tertiary/aromatic N) is 4. The summed E-state index contributed by atoms with van der Waals surface area (Å²) in [5, 5.41) is 0.918. The average molecular weight is 344 g/mol. The first-order chi connectivity index (χ1) is 11.6. The highest BCUT2D eigenvalue weighted by Crippen LogP contribution is 2.35. The van der Waals surface area contributed by atoms with Crippen molar-refractivity contribution in [2.24, 2.45) is 0 Å². The minimum Gasteiger partial charge on any atom is -0.377 e. The third kappa shape index (κ3) is 2.31. The maximum Gasteiger partial charge on any atom is 0.271 e. The van der Waals surface area contributed by atoms with Gasteiger partial charge in [0, 0.05) is 32.8 Å². The summed E-state index contributed by atoms with van der Waals surface area (Å²) in [5.74, 6) is -0.0879. The first-order valence-electron chi connectivity index (χ1n) is 7.86. The van der Waals surface area contributed by atoms with Crippen LogP contribution >= 0.6 is 11.3 Å². The van der Waals surface area contributed by atoms with E-state index in [1.807, 2.05) is 25.1 Å². The number of pyridine rings is 1. The van der Waals surface area contributed by atoms with Gasteiger partial charge in [0.2, 0.25) is 0 Å². The SMILES string of the molecule is CN(C)c1ccnc2sc3c(=O)n(C4CC=C(F)CC4)cnc3c12. The summed E-state index contributed by atoms with van der Waals surface area (Å²) in [5.41, 5.74) is 1.64. The van der Waals surface area contributed by atoms with Crippen LogP contribution < -0.4 is 10.5 Å². The number of halogens is 1. The Labute approximate surface area is 142 Å². The average Bonchev–Trinajstić information content (AvgIpc) is 2.96. The second-order valence-corrected chi connectivity index (χ2v) is 7.22. The van der Waals surface area contributed by atoms with E-state index in [1.54, 1.807) is 23.2 Å². The zero-order chi connectivity index (χ0) is 16.8. The van der Waals surface area contributed by atoms with Crippen molar-refractivity contribution in [3.05, 3.63) is 40.8 Å². The highest BCUT2D eigenvalue weighted by molar-refractivity contribution is 7.25. The van der Waals surface area contributed by atoms with Crippen LogP contribution in [0.15, 0.2) is 35.3 Å². The molecule has 0 fully saturated rings. The molecule has 3 heterocycles. The Kier molecular flexibility index (Phi) is 3.60. The van der Waals surface area contributed by atoms with Gasteiger partial charge >= 0.3 is 0 Å². The van der Waals surface area contributed by atoms with E-state index < -0.39 is 0 Å². The van der Waals surface area contributed by atoms with E-state index in [0.717, 1.165) is 15.9 Å². The van der Waals surface area contributed by atoms with Gasteiger partial charge in [0.25, 0.3) is 5.56 Å². The maximum atomic E-state index is 13.2. The summed E-state index contributed by atoms with van der Waals surface area (Å²) < 4.78 is 15.5. The predicted octanol–water partition coefficient (Wildman–Crippen LogP) is 3.65. The van der Waals surface area contributed by atoms with Gasteiger partial charge in [0.05, 0.1) is 28.7 Å². The molecule has 7 heteroatoms. The lowest BCUT2D eigenvalue weighted by molar-refractivity contribution is 0.404. The Morgan fingerprint density at radius 3 is 2.92 bits per heavy atom. The van der Waals surface area contributed by atoms with Gasteiger partial charge in [-0.15, -0.1) is 11.3 Å². The minimum atomic E-state index is -0.0879. The summed E-state index contributed by atoms with van der Waals surface area (Å²) in [6, 6.07) is 1.90. The van der Waals surface area contributed by atoms with Crippen molar-refractivity contribution in [2.75, 3.05) is 19.0 Å². The van der Waals surface area contributed by atoms with E-state index in [2.05, 4.69) is 9.97 Å². The fourth-order valence-corrected chi connectivity index (χ4v) is 4.28. The van der Waals surface area contributed by atoms with Crippen molar-refractivity contribution in [2.45, 2.75) is 25.3 Å². The van der Waals surface area contributed by atoms with Crippen LogP contribution in [0.5, 0.6) is 0 Å². The molecule has 3 aromatic heterocycles. The Hall–Kier alpha value is -2.28. The van der Waals surface area contributed by atoms with Crippen LogP contribution in [0.25, 0.3) is 20.4 Å². The molecule has 0 bridgehead atoms. The molecule has 1 unspecified atom stereocenters. The number of fused-ring (bicyclic) bond motifs is 3. The number of rotatable bonds is 2. The zero-order valence-corrected chi connectivity index (χ0v) is 14.3. The highest BCUT2D eigenvalue weighted by Gasteiger charge is 2.21. The predicted molar refractivity (Wildman–Crippen MR) is 95.6 cm³/mol. The Morgan fingerprint density at radius 1 is 1.38 bits per heavy atom. The monoisotopic (exact) mass is 344 g/mol. The van der Waals surface area contributed by atoms with Crippen LogP contribution in [-0.2, 0) is 0 Å². The lowest BCUT2D eigenvalue weighted by Crippen LogP contribution is -2.25. The minimum absolute atomic E-state index is 0.0274. The van der Waals surface area contributed by atoms with Gasteiger partial charge in [-0.1, -0.05) is 6.08 Å². The van der Waals surface area contributed by atoms with Gasteiger partial charge in [0.1, 0.15) is 9.53 Å². The molecule has 0 spiro atoms. The molecule has 5 nitrogen and oxygen atoms in total. The molecule has 4 rings (SSSR count). The van der Waals surface area contributed by atoms with Crippen molar-refractivity contribution in [3.8, 4) is 0 Å². The third-order valence-corrected chi connectivity index (χ3v) is 5.56. The highest BCUT2D eigenvalue weighted by atomic mass is 32.1. The molecular formula is C17H17FN4OS. The molecule has 24 heavy (non-hydrogen) atoms. The van der Waals surface area contributed by atoms with Crippen LogP contribution in [0.1, 0.15) is 25.3 Å². The molecule has 124 valence electrons. The number of hydrogen-bond acceptors (Lipinski definition) is 5. The van der Waals surface area contributed by atoms with E-state index >= 15 is 0 Å². The van der Waals surface area contributed by atoms with Gasteiger partial charge in [-0.25, -0.2) is 14.4 Å². The maximum absolute atomic E-state index is 13.2. The number of thiophene rings is 1. The summed E-state index contributed by atoms with van der Waals surface area (Å²) in [6.45, 7) is 0. The van der Waals surface area contributed by atoms with E-state index in [0.29, 0.717) is 29.5 Å². The van der Waals surface area contributed by atoms with Crippen molar-refractivity contribution < 1.29 is 4.39 Å². The molecule has 0 radical (unpaired) electrons. The number of aromatic nitrogens is 3. The van der Waals surface area contributed by atoms with E-state index in [1.165, 1.54) is 11.3 Å². The lowest BCUT2D eigenvalue weighted by Gasteiger charge is -2.21. The van der Waals surface area contributed by atoms with Crippen LogP contribution in [0.4, 0.5) is 10.1 Å². The normalized spacial score (nSPS) is 18.1. The summed E-state index contributed by atoms with van der Waals surface area (Å²) in [4.78, 5) is 24.7. The molecule has 0 N–H and O–H groups in total. The molecule has 0 amide bonds. The Balaban J connectivity index is 1.93. The van der Waals surface area contributed by atoms with Crippen LogP contribution in [0, 0.1) is 0 Å². The van der Waals surface area contributed by atoms with Crippen LogP contribution in [-0.4, -0.2) is 28.6 Å². The molecule has 1 aliphatic rings. The van der Waals surface area contributed by atoms with Gasteiger partial charge in [-0.3, -0.25) is 9.36 Å². The standard InChI is InChI=1S/C17H17FN4OS/c1-21(2)12-7-8-19-16-13(12)14-15(24-16)17(23)22(9-20-14)11-5-3-10(18)4-6-11/h3,7-9,11H,4-6H2,1-2H3.